The van der Waals surface area contributed by atoms with Crippen LogP contribution in [-0.2, 0) is 11.2 Å². The van der Waals surface area contributed by atoms with Gasteiger partial charge in [0.05, 0.1) is 5.75 Å². The molecule has 120 valence electrons. The number of benzene rings is 1. The highest BCUT2D eigenvalue weighted by atomic mass is 32.2. The van der Waals surface area contributed by atoms with E-state index in [-0.39, 0.29) is 29.4 Å². The van der Waals surface area contributed by atoms with Crippen molar-refractivity contribution in [1.82, 2.24) is 14.8 Å². The van der Waals surface area contributed by atoms with E-state index in [1.54, 1.807) is 4.57 Å². The monoisotopic (exact) mass is 330 g/mol. The van der Waals surface area contributed by atoms with Gasteiger partial charge < -0.3 is 4.90 Å². The van der Waals surface area contributed by atoms with Crippen LogP contribution in [0.15, 0.2) is 34.2 Å². The van der Waals surface area contributed by atoms with Gasteiger partial charge in [-0.25, -0.2) is 9.89 Å². The fraction of sp³-hybridized carbons (Fsp3) is 0.438. The van der Waals surface area contributed by atoms with Gasteiger partial charge in [-0.1, -0.05) is 30.0 Å². The molecule has 7 heteroatoms. The quantitative estimate of drug-likeness (QED) is 0.870. The Morgan fingerprint density at radius 3 is 2.96 bits per heavy atom. The molecule has 1 aromatic carbocycles. The molecule has 2 heterocycles. The van der Waals surface area contributed by atoms with Crippen LogP contribution in [0.25, 0.3) is 0 Å². The van der Waals surface area contributed by atoms with Crippen molar-refractivity contribution >= 4 is 23.4 Å². The van der Waals surface area contributed by atoms with Crippen LogP contribution in [0, 0.1) is 0 Å². The molecule has 1 amide bonds. The number of hydrogen-bond acceptors (Lipinski definition) is 4. The van der Waals surface area contributed by atoms with Gasteiger partial charge in [0, 0.05) is 17.8 Å². The number of carbonyl (C=O) groups excluding carboxylic acids is 1. The molecule has 4 rings (SSSR count). The van der Waals surface area contributed by atoms with E-state index in [2.05, 4.69) is 23.2 Å². The van der Waals surface area contributed by atoms with Crippen LogP contribution in [0.1, 0.15) is 31.4 Å². The first-order valence-corrected chi connectivity index (χ1v) is 8.83. The van der Waals surface area contributed by atoms with E-state index >= 15 is 0 Å². The molecule has 1 fully saturated rings. The maximum Gasteiger partial charge on any atom is 0.344 e. The van der Waals surface area contributed by atoms with Gasteiger partial charge in [0.25, 0.3) is 0 Å². The summed E-state index contributed by atoms with van der Waals surface area (Å²) in [6.07, 6.45) is 2.91. The molecule has 1 saturated carbocycles. The Morgan fingerprint density at radius 1 is 1.39 bits per heavy atom. The van der Waals surface area contributed by atoms with Gasteiger partial charge in [-0.05, 0) is 37.8 Å². The van der Waals surface area contributed by atoms with E-state index in [9.17, 15) is 9.59 Å². The number of anilines is 1. The fourth-order valence-corrected chi connectivity index (χ4v) is 4.06. The van der Waals surface area contributed by atoms with Crippen LogP contribution >= 0.6 is 11.8 Å². The van der Waals surface area contributed by atoms with Gasteiger partial charge in [0.15, 0.2) is 5.16 Å². The Morgan fingerprint density at radius 2 is 2.17 bits per heavy atom. The van der Waals surface area contributed by atoms with Crippen LogP contribution in [0.2, 0.25) is 0 Å². The number of H-pyrrole nitrogens is 1. The molecule has 0 saturated heterocycles. The molecule has 0 unspecified atom stereocenters. The summed E-state index contributed by atoms with van der Waals surface area (Å²) in [6.45, 7) is 2.07. The zero-order valence-corrected chi connectivity index (χ0v) is 13.7. The van der Waals surface area contributed by atoms with Crippen LogP contribution in [0.3, 0.4) is 0 Å². The summed E-state index contributed by atoms with van der Waals surface area (Å²) in [6, 6.07) is 8.46. The van der Waals surface area contributed by atoms with E-state index in [0.717, 1.165) is 24.9 Å². The maximum absolute atomic E-state index is 12.7. The third-order valence-electron chi connectivity index (χ3n) is 4.38. The highest BCUT2D eigenvalue weighted by Gasteiger charge is 2.32. The Hall–Kier alpha value is -2.02. The summed E-state index contributed by atoms with van der Waals surface area (Å²) in [5.41, 5.74) is 2.04. The topological polar surface area (TPSA) is 71.0 Å². The van der Waals surface area contributed by atoms with Crippen molar-refractivity contribution in [3.8, 4) is 0 Å². The Kier molecular flexibility index (Phi) is 3.52. The molecule has 1 atom stereocenters. The van der Waals surface area contributed by atoms with Crippen molar-refractivity contribution in [2.75, 3.05) is 10.7 Å². The molecular weight excluding hydrogens is 312 g/mol. The molecule has 1 aromatic heterocycles. The first-order chi connectivity index (χ1) is 11.1. The zero-order valence-electron chi connectivity index (χ0n) is 12.9. The second-order valence-electron chi connectivity index (χ2n) is 6.15. The van der Waals surface area contributed by atoms with Crippen LogP contribution < -0.4 is 10.6 Å². The van der Waals surface area contributed by atoms with E-state index in [4.69, 9.17) is 0 Å². The highest BCUT2D eigenvalue weighted by molar-refractivity contribution is 7.99. The van der Waals surface area contributed by atoms with Crippen molar-refractivity contribution < 1.29 is 4.79 Å². The highest BCUT2D eigenvalue weighted by Crippen LogP contribution is 2.36. The average molecular weight is 330 g/mol. The first kappa shape index (κ1) is 14.6. The number of nitrogens with zero attached hydrogens (tertiary/aromatic N) is 3. The third-order valence-corrected chi connectivity index (χ3v) is 5.32. The van der Waals surface area contributed by atoms with Gasteiger partial charge in [0.1, 0.15) is 0 Å². The molecular formula is C16H18N4O2S. The van der Waals surface area contributed by atoms with E-state index in [1.165, 1.54) is 17.3 Å². The summed E-state index contributed by atoms with van der Waals surface area (Å²) in [4.78, 5) is 26.3. The number of fused-ring (bicyclic) bond motifs is 1. The first-order valence-electron chi connectivity index (χ1n) is 7.85. The number of amides is 1. The Bertz CT molecular complexity index is 808. The lowest BCUT2D eigenvalue weighted by Gasteiger charge is -2.22. The van der Waals surface area contributed by atoms with Crippen LogP contribution in [-0.4, -0.2) is 32.5 Å². The molecule has 6 nitrogen and oxygen atoms in total. The molecule has 1 aliphatic carbocycles. The van der Waals surface area contributed by atoms with Crippen LogP contribution in [0.5, 0.6) is 0 Å². The zero-order chi connectivity index (χ0) is 16.0. The van der Waals surface area contributed by atoms with Crippen molar-refractivity contribution in [2.24, 2.45) is 0 Å². The smallest absolute Gasteiger partial charge is 0.308 e. The summed E-state index contributed by atoms with van der Waals surface area (Å²) in [5.74, 6) is 0.348. The van der Waals surface area contributed by atoms with Crippen molar-refractivity contribution in [2.45, 2.75) is 43.4 Å². The number of carbonyl (C=O) groups is 1. The molecule has 1 aliphatic heterocycles. The number of aromatic amines is 1. The summed E-state index contributed by atoms with van der Waals surface area (Å²) in [7, 11) is 0. The minimum absolute atomic E-state index is 0.0604. The average Bonchev–Trinajstić information content (AvgIpc) is 3.21. The summed E-state index contributed by atoms with van der Waals surface area (Å²) >= 11 is 1.34. The van der Waals surface area contributed by atoms with Gasteiger partial charge in [0.2, 0.25) is 5.91 Å². The van der Waals surface area contributed by atoms with E-state index in [1.807, 2.05) is 23.1 Å². The standard InChI is InChI=1S/C16H18N4O2S/c1-10-8-11-4-2-3-5-13(11)19(10)14(21)9-23-16-18-17-15(22)20(16)12-6-7-12/h2-5,10,12H,6-9H2,1H3,(H,17,22)/t10-/m0/s1. The van der Waals surface area contributed by atoms with Gasteiger partial charge in [-0.2, -0.15) is 0 Å². The predicted molar refractivity (Wildman–Crippen MR) is 88.9 cm³/mol. The second-order valence-corrected chi connectivity index (χ2v) is 7.09. The minimum atomic E-state index is -0.178. The van der Waals surface area contributed by atoms with E-state index < -0.39 is 0 Å². The predicted octanol–water partition coefficient (Wildman–Crippen LogP) is 1.98. The van der Waals surface area contributed by atoms with Crippen molar-refractivity contribution in [3.63, 3.8) is 0 Å². The normalized spacial score (nSPS) is 19.9. The third kappa shape index (κ3) is 2.59. The number of hydrogen-bond donors (Lipinski definition) is 1. The summed E-state index contributed by atoms with van der Waals surface area (Å²) < 4.78 is 1.68. The molecule has 0 bridgehead atoms. The molecule has 0 radical (unpaired) electrons. The number of rotatable bonds is 4. The van der Waals surface area contributed by atoms with Crippen molar-refractivity contribution in [3.05, 3.63) is 40.3 Å². The minimum Gasteiger partial charge on any atom is -0.308 e. The number of aromatic nitrogens is 3. The maximum atomic E-state index is 12.7. The van der Waals surface area contributed by atoms with Crippen molar-refractivity contribution in [1.29, 1.82) is 0 Å². The Labute approximate surface area is 137 Å². The second kappa shape index (κ2) is 5.56. The van der Waals surface area contributed by atoms with E-state index in [0.29, 0.717) is 5.16 Å². The lowest BCUT2D eigenvalue weighted by Crippen LogP contribution is -2.37. The number of nitrogens with one attached hydrogen (secondary N) is 1. The number of thioether (sulfide) groups is 1. The number of para-hydroxylation sites is 1. The molecule has 23 heavy (non-hydrogen) atoms. The SMILES string of the molecule is C[C@H]1Cc2ccccc2N1C(=O)CSc1n[nH]c(=O)n1C1CC1. The molecule has 2 aliphatic rings. The molecule has 1 N–H and O–H groups in total. The lowest BCUT2D eigenvalue weighted by molar-refractivity contribution is -0.116. The molecule has 0 spiro atoms. The summed E-state index contributed by atoms with van der Waals surface area (Å²) in [5, 5.41) is 7.16. The van der Waals surface area contributed by atoms with Crippen LogP contribution in [0.4, 0.5) is 5.69 Å². The molecule has 2 aromatic rings. The Balaban J connectivity index is 1.50. The van der Waals surface area contributed by atoms with Gasteiger partial charge in [-0.3, -0.25) is 9.36 Å². The largest absolute Gasteiger partial charge is 0.344 e. The van der Waals surface area contributed by atoms with Gasteiger partial charge in [-0.15, -0.1) is 5.10 Å². The van der Waals surface area contributed by atoms with Gasteiger partial charge >= 0.3 is 5.69 Å². The fourth-order valence-electron chi connectivity index (χ4n) is 3.19. The lowest BCUT2D eigenvalue weighted by atomic mass is 10.1.